The van der Waals surface area contributed by atoms with Gasteiger partial charge in [-0.05, 0) is 25.0 Å². The van der Waals surface area contributed by atoms with Crippen molar-refractivity contribution in [3.05, 3.63) is 35.9 Å². The van der Waals surface area contributed by atoms with Gasteiger partial charge in [0, 0.05) is 12.1 Å². The zero-order valence-electron chi connectivity index (χ0n) is 10.2. The number of hydrogen-bond acceptors (Lipinski definition) is 2. The molecule has 0 aliphatic carbocycles. The molecule has 0 saturated carbocycles. The van der Waals surface area contributed by atoms with Gasteiger partial charge in [0.25, 0.3) is 5.91 Å². The summed E-state index contributed by atoms with van der Waals surface area (Å²) in [6.45, 7) is 0.532. The Hall–Kier alpha value is -1.84. The molecular formula is C14H17NO3. The number of benzene rings is 1. The maximum absolute atomic E-state index is 12.3. The molecule has 1 unspecified atom stereocenters. The average Bonchev–Trinajstić information content (AvgIpc) is 2.64. The Morgan fingerprint density at radius 1 is 1.11 bits per heavy atom. The number of carbonyl (C=O) groups excluding carboxylic acids is 1. The smallest absolute Gasteiger partial charge is 0.326 e. The van der Waals surface area contributed by atoms with Crippen LogP contribution in [0.5, 0.6) is 0 Å². The Bertz CT molecular complexity index is 430. The Morgan fingerprint density at radius 3 is 2.50 bits per heavy atom. The number of carbonyl (C=O) groups is 2. The van der Waals surface area contributed by atoms with Crippen LogP contribution in [0.15, 0.2) is 30.3 Å². The van der Waals surface area contributed by atoms with E-state index in [1.165, 1.54) is 4.90 Å². The first kappa shape index (κ1) is 12.6. The largest absolute Gasteiger partial charge is 0.480 e. The van der Waals surface area contributed by atoms with Crippen molar-refractivity contribution in [2.45, 2.75) is 31.7 Å². The third kappa shape index (κ3) is 2.70. The Balaban J connectivity index is 2.22. The summed E-state index contributed by atoms with van der Waals surface area (Å²) in [7, 11) is 0. The highest BCUT2D eigenvalue weighted by atomic mass is 16.4. The van der Waals surface area contributed by atoms with Crippen LogP contribution in [0.4, 0.5) is 0 Å². The molecule has 0 bridgehead atoms. The minimum Gasteiger partial charge on any atom is -0.480 e. The van der Waals surface area contributed by atoms with E-state index in [1.807, 2.05) is 6.07 Å². The second-order valence-electron chi connectivity index (χ2n) is 4.57. The number of carboxylic acid groups (broad SMARTS) is 1. The molecule has 1 fully saturated rings. The molecule has 18 heavy (non-hydrogen) atoms. The van der Waals surface area contributed by atoms with E-state index < -0.39 is 12.0 Å². The summed E-state index contributed by atoms with van der Waals surface area (Å²) < 4.78 is 0. The minimum atomic E-state index is -0.902. The molecule has 1 N–H and O–H groups in total. The number of aliphatic carboxylic acids is 1. The molecule has 1 saturated heterocycles. The Morgan fingerprint density at radius 2 is 1.83 bits per heavy atom. The van der Waals surface area contributed by atoms with E-state index in [0.29, 0.717) is 18.5 Å². The van der Waals surface area contributed by atoms with Crippen molar-refractivity contribution in [1.82, 2.24) is 4.90 Å². The third-order valence-electron chi connectivity index (χ3n) is 3.32. The first-order valence-corrected chi connectivity index (χ1v) is 6.29. The van der Waals surface area contributed by atoms with Crippen LogP contribution in [0.3, 0.4) is 0 Å². The lowest BCUT2D eigenvalue weighted by Gasteiger charge is -2.26. The van der Waals surface area contributed by atoms with Gasteiger partial charge in [-0.25, -0.2) is 4.79 Å². The minimum absolute atomic E-state index is 0.176. The van der Waals surface area contributed by atoms with E-state index in [0.717, 1.165) is 19.3 Å². The molecule has 4 heteroatoms. The summed E-state index contributed by atoms with van der Waals surface area (Å²) in [5.41, 5.74) is 0.561. The van der Waals surface area contributed by atoms with Crippen LogP contribution < -0.4 is 0 Å². The SMILES string of the molecule is O=C(O)C1CCCCCN1C(=O)c1ccccc1. The van der Waals surface area contributed by atoms with E-state index in [2.05, 4.69) is 0 Å². The lowest BCUT2D eigenvalue weighted by Crippen LogP contribution is -2.44. The molecule has 1 amide bonds. The van der Waals surface area contributed by atoms with Crippen LogP contribution in [0.1, 0.15) is 36.0 Å². The van der Waals surface area contributed by atoms with E-state index in [-0.39, 0.29) is 5.91 Å². The van der Waals surface area contributed by atoms with Crippen LogP contribution >= 0.6 is 0 Å². The van der Waals surface area contributed by atoms with E-state index >= 15 is 0 Å². The summed E-state index contributed by atoms with van der Waals surface area (Å²) in [5, 5.41) is 9.24. The quantitative estimate of drug-likeness (QED) is 0.871. The summed E-state index contributed by atoms with van der Waals surface area (Å²) in [6.07, 6.45) is 3.29. The molecule has 96 valence electrons. The number of carboxylic acids is 1. The van der Waals surface area contributed by atoms with Gasteiger partial charge in [-0.2, -0.15) is 0 Å². The number of likely N-dealkylation sites (tertiary alicyclic amines) is 1. The predicted molar refractivity (Wildman–Crippen MR) is 67.4 cm³/mol. The third-order valence-corrected chi connectivity index (χ3v) is 3.32. The Labute approximate surface area is 106 Å². The standard InChI is InChI=1S/C14H17NO3/c16-13(11-7-3-1-4-8-11)15-10-6-2-5-9-12(15)14(17)18/h1,3-4,7-8,12H,2,5-6,9-10H2,(H,17,18). The van der Waals surface area contributed by atoms with E-state index in [9.17, 15) is 14.7 Å². The van der Waals surface area contributed by atoms with Gasteiger partial charge in [0.2, 0.25) is 0 Å². The second-order valence-corrected chi connectivity index (χ2v) is 4.57. The van der Waals surface area contributed by atoms with E-state index in [4.69, 9.17) is 0 Å². The van der Waals surface area contributed by atoms with Crippen molar-refractivity contribution in [2.75, 3.05) is 6.54 Å². The van der Waals surface area contributed by atoms with Gasteiger partial charge in [0.05, 0.1) is 0 Å². The topological polar surface area (TPSA) is 57.6 Å². The number of amides is 1. The summed E-state index contributed by atoms with van der Waals surface area (Å²) in [4.78, 5) is 25.1. The molecule has 4 nitrogen and oxygen atoms in total. The van der Waals surface area contributed by atoms with Crippen LogP contribution in [-0.4, -0.2) is 34.5 Å². The number of nitrogens with zero attached hydrogens (tertiary/aromatic N) is 1. The van der Waals surface area contributed by atoms with Gasteiger partial charge >= 0.3 is 5.97 Å². The molecule has 1 aliphatic heterocycles. The second kappa shape index (κ2) is 5.67. The molecule has 0 spiro atoms. The maximum atomic E-state index is 12.3. The molecule has 1 atom stereocenters. The van der Waals surface area contributed by atoms with Crippen molar-refractivity contribution >= 4 is 11.9 Å². The normalized spacial score (nSPS) is 20.2. The summed E-state index contributed by atoms with van der Waals surface area (Å²) in [5.74, 6) is -1.08. The highest BCUT2D eigenvalue weighted by Gasteiger charge is 2.31. The molecule has 0 aromatic heterocycles. The van der Waals surface area contributed by atoms with Crippen LogP contribution in [0.2, 0.25) is 0 Å². The van der Waals surface area contributed by atoms with Gasteiger partial charge in [0.1, 0.15) is 6.04 Å². The van der Waals surface area contributed by atoms with Gasteiger partial charge in [-0.15, -0.1) is 0 Å². The van der Waals surface area contributed by atoms with Gasteiger partial charge in [0.15, 0.2) is 0 Å². The molecule has 1 aliphatic rings. The number of rotatable bonds is 2. The fraction of sp³-hybridized carbons (Fsp3) is 0.429. The highest BCUT2D eigenvalue weighted by molar-refractivity contribution is 5.96. The lowest BCUT2D eigenvalue weighted by molar-refractivity contribution is -0.142. The van der Waals surface area contributed by atoms with Crippen LogP contribution in [0.25, 0.3) is 0 Å². The van der Waals surface area contributed by atoms with Crippen molar-refractivity contribution in [1.29, 1.82) is 0 Å². The monoisotopic (exact) mass is 247 g/mol. The van der Waals surface area contributed by atoms with Gasteiger partial charge < -0.3 is 10.0 Å². The van der Waals surface area contributed by atoms with Gasteiger partial charge in [-0.1, -0.05) is 31.0 Å². The lowest BCUT2D eigenvalue weighted by atomic mass is 10.1. The molecule has 0 radical (unpaired) electrons. The zero-order valence-corrected chi connectivity index (χ0v) is 10.2. The first-order valence-electron chi connectivity index (χ1n) is 6.29. The fourth-order valence-corrected chi connectivity index (χ4v) is 2.35. The maximum Gasteiger partial charge on any atom is 0.326 e. The van der Waals surface area contributed by atoms with Crippen LogP contribution in [0, 0.1) is 0 Å². The molecular weight excluding hydrogens is 230 g/mol. The Kier molecular flexibility index (Phi) is 3.97. The highest BCUT2D eigenvalue weighted by Crippen LogP contribution is 2.19. The molecule has 1 aromatic rings. The fourth-order valence-electron chi connectivity index (χ4n) is 2.35. The molecule has 1 aromatic carbocycles. The van der Waals surface area contributed by atoms with Crippen molar-refractivity contribution in [3.63, 3.8) is 0 Å². The van der Waals surface area contributed by atoms with Crippen molar-refractivity contribution in [3.8, 4) is 0 Å². The number of hydrogen-bond donors (Lipinski definition) is 1. The van der Waals surface area contributed by atoms with Crippen LogP contribution in [-0.2, 0) is 4.79 Å². The molecule has 2 rings (SSSR count). The molecule has 1 heterocycles. The zero-order chi connectivity index (χ0) is 13.0. The van der Waals surface area contributed by atoms with Crippen molar-refractivity contribution < 1.29 is 14.7 Å². The first-order chi connectivity index (χ1) is 8.70. The van der Waals surface area contributed by atoms with Crippen molar-refractivity contribution in [2.24, 2.45) is 0 Å². The predicted octanol–water partition coefficient (Wildman–Crippen LogP) is 2.16. The summed E-state index contributed by atoms with van der Waals surface area (Å²) >= 11 is 0. The average molecular weight is 247 g/mol. The van der Waals surface area contributed by atoms with Gasteiger partial charge in [-0.3, -0.25) is 4.79 Å². The summed E-state index contributed by atoms with van der Waals surface area (Å²) in [6, 6.07) is 8.20. The van der Waals surface area contributed by atoms with E-state index in [1.54, 1.807) is 24.3 Å².